The van der Waals surface area contributed by atoms with Gasteiger partial charge in [-0.25, -0.2) is 0 Å². The fourth-order valence-corrected chi connectivity index (χ4v) is 0.969. The lowest BCUT2D eigenvalue weighted by Gasteiger charge is -2.07. The number of alkyl halides is 3. The van der Waals surface area contributed by atoms with Crippen molar-refractivity contribution in [3.8, 4) is 0 Å². The van der Waals surface area contributed by atoms with Crippen molar-refractivity contribution in [3.05, 3.63) is 11.6 Å². The Bertz CT molecular complexity index is 276. The molecule has 3 nitrogen and oxygen atoms in total. The standard InChI is InChI=1S/C6H8F3N3/c1-3-12-4(2)10-11-5(12)6(7,8)9/h3H2,1-2H3. The van der Waals surface area contributed by atoms with Crippen LogP contribution in [0.3, 0.4) is 0 Å². The van der Waals surface area contributed by atoms with Crippen molar-refractivity contribution in [2.75, 3.05) is 0 Å². The maximum atomic E-state index is 12.1. The monoisotopic (exact) mass is 179 g/mol. The Morgan fingerprint density at radius 2 is 1.92 bits per heavy atom. The van der Waals surface area contributed by atoms with E-state index in [4.69, 9.17) is 0 Å². The Labute approximate surface area is 67.2 Å². The van der Waals surface area contributed by atoms with Crippen LogP contribution < -0.4 is 0 Å². The largest absolute Gasteiger partial charge is 0.451 e. The van der Waals surface area contributed by atoms with E-state index in [1.807, 2.05) is 0 Å². The highest BCUT2D eigenvalue weighted by Gasteiger charge is 2.37. The molecule has 0 aliphatic heterocycles. The average molecular weight is 179 g/mol. The van der Waals surface area contributed by atoms with Gasteiger partial charge in [-0.3, -0.25) is 0 Å². The molecule has 0 radical (unpaired) electrons. The van der Waals surface area contributed by atoms with Crippen LogP contribution in [-0.2, 0) is 12.7 Å². The molecular weight excluding hydrogens is 171 g/mol. The van der Waals surface area contributed by atoms with E-state index >= 15 is 0 Å². The predicted molar refractivity (Wildman–Crippen MR) is 35.4 cm³/mol. The lowest BCUT2D eigenvalue weighted by molar-refractivity contribution is -0.147. The van der Waals surface area contributed by atoms with Crippen molar-refractivity contribution >= 4 is 0 Å². The molecule has 1 aromatic rings. The van der Waals surface area contributed by atoms with Gasteiger partial charge in [0.1, 0.15) is 5.82 Å². The van der Waals surface area contributed by atoms with Gasteiger partial charge in [-0.2, -0.15) is 13.2 Å². The Balaban J connectivity index is 3.16. The van der Waals surface area contributed by atoms with Gasteiger partial charge in [-0.1, -0.05) is 0 Å². The molecule has 0 aliphatic carbocycles. The number of aryl methyl sites for hydroxylation is 1. The van der Waals surface area contributed by atoms with Crippen molar-refractivity contribution in [1.29, 1.82) is 0 Å². The van der Waals surface area contributed by atoms with Gasteiger partial charge < -0.3 is 4.57 Å². The van der Waals surface area contributed by atoms with Crippen molar-refractivity contribution < 1.29 is 13.2 Å². The van der Waals surface area contributed by atoms with E-state index in [2.05, 4.69) is 10.2 Å². The summed E-state index contributed by atoms with van der Waals surface area (Å²) in [7, 11) is 0. The van der Waals surface area contributed by atoms with E-state index in [9.17, 15) is 13.2 Å². The molecule has 68 valence electrons. The molecule has 0 aliphatic rings. The van der Waals surface area contributed by atoms with Gasteiger partial charge in [0.25, 0.3) is 0 Å². The molecule has 0 unspecified atom stereocenters. The van der Waals surface area contributed by atoms with Crippen LogP contribution in [0.1, 0.15) is 18.6 Å². The summed E-state index contributed by atoms with van der Waals surface area (Å²) in [6, 6.07) is 0. The Hall–Kier alpha value is -1.07. The molecule has 0 spiro atoms. The first-order valence-corrected chi connectivity index (χ1v) is 3.43. The summed E-state index contributed by atoms with van der Waals surface area (Å²) in [6.45, 7) is 3.34. The lowest BCUT2D eigenvalue weighted by Crippen LogP contribution is -2.14. The Morgan fingerprint density at radius 1 is 1.33 bits per heavy atom. The minimum absolute atomic E-state index is 0.230. The van der Waals surface area contributed by atoms with Crippen molar-refractivity contribution in [3.63, 3.8) is 0 Å². The lowest BCUT2D eigenvalue weighted by atomic mass is 10.5. The van der Waals surface area contributed by atoms with E-state index in [1.54, 1.807) is 6.92 Å². The number of nitrogens with zero attached hydrogens (tertiary/aromatic N) is 3. The van der Waals surface area contributed by atoms with Gasteiger partial charge in [0.2, 0.25) is 5.82 Å². The Morgan fingerprint density at radius 3 is 2.25 bits per heavy atom. The van der Waals surface area contributed by atoms with Crippen LogP contribution in [0.2, 0.25) is 0 Å². The van der Waals surface area contributed by atoms with Gasteiger partial charge in [-0.15, -0.1) is 10.2 Å². The van der Waals surface area contributed by atoms with Crippen LogP contribution in [0.25, 0.3) is 0 Å². The topological polar surface area (TPSA) is 30.7 Å². The van der Waals surface area contributed by atoms with Crippen LogP contribution >= 0.6 is 0 Å². The number of aromatic nitrogens is 3. The van der Waals surface area contributed by atoms with Gasteiger partial charge in [0.15, 0.2) is 0 Å². The summed E-state index contributed by atoms with van der Waals surface area (Å²) in [5.41, 5.74) is 0. The first-order chi connectivity index (χ1) is 5.46. The van der Waals surface area contributed by atoms with Crippen molar-refractivity contribution in [1.82, 2.24) is 14.8 Å². The molecule has 0 bridgehead atoms. The van der Waals surface area contributed by atoms with Crippen LogP contribution in [0.5, 0.6) is 0 Å². The highest BCUT2D eigenvalue weighted by Crippen LogP contribution is 2.27. The zero-order valence-electron chi connectivity index (χ0n) is 6.68. The van der Waals surface area contributed by atoms with E-state index in [0.717, 1.165) is 4.57 Å². The normalized spacial score (nSPS) is 12.1. The van der Waals surface area contributed by atoms with Crippen LogP contribution in [0, 0.1) is 6.92 Å². The molecule has 0 N–H and O–H groups in total. The predicted octanol–water partition coefficient (Wildman–Crippen LogP) is 1.63. The first kappa shape index (κ1) is 9.02. The zero-order valence-corrected chi connectivity index (χ0v) is 6.68. The third kappa shape index (κ3) is 1.41. The molecular formula is C6H8F3N3. The summed E-state index contributed by atoms with van der Waals surface area (Å²) in [5.74, 6) is -0.646. The van der Waals surface area contributed by atoms with Crippen molar-refractivity contribution in [2.24, 2.45) is 0 Å². The van der Waals surface area contributed by atoms with Gasteiger partial charge in [0.05, 0.1) is 0 Å². The van der Waals surface area contributed by atoms with Gasteiger partial charge in [-0.05, 0) is 13.8 Å². The van der Waals surface area contributed by atoms with Crippen LogP contribution in [0.15, 0.2) is 0 Å². The SMILES string of the molecule is CCn1c(C)nnc1C(F)(F)F. The van der Waals surface area contributed by atoms with Gasteiger partial charge in [0, 0.05) is 6.54 Å². The molecule has 0 fully saturated rings. The molecule has 12 heavy (non-hydrogen) atoms. The molecule has 1 rings (SSSR count). The Kier molecular flexibility index (Phi) is 2.08. The highest BCUT2D eigenvalue weighted by molar-refractivity contribution is 4.97. The third-order valence-electron chi connectivity index (χ3n) is 1.51. The average Bonchev–Trinajstić information content (AvgIpc) is 2.29. The molecule has 1 heterocycles. The number of hydrogen-bond acceptors (Lipinski definition) is 2. The maximum absolute atomic E-state index is 12.1. The summed E-state index contributed by atoms with van der Waals surface area (Å²) in [4.78, 5) is 0. The summed E-state index contributed by atoms with van der Waals surface area (Å²) < 4.78 is 37.4. The molecule has 0 aromatic carbocycles. The van der Waals surface area contributed by atoms with E-state index < -0.39 is 12.0 Å². The second kappa shape index (κ2) is 2.76. The maximum Gasteiger partial charge on any atom is 0.451 e. The number of halogens is 3. The van der Waals surface area contributed by atoms with Crippen molar-refractivity contribution in [2.45, 2.75) is 26.6 Å². The smallest absolute Gasteiger partial charge is 0.308 e. The molecule has 1 aromatic heterocycles. The molecule has 0 saturated heterocycles. The number of hydrogen-bond donors (Lipinski definition) is 0. The minimum atomic E-state index is -4.41. The van der Waals surface area contributed by atoms with Crippen LogP contribution in [0.4, 0.5) is 13.2 Å². The number of rotatable bonds is 1. The highest BCUT2D eigenvalue weighted by atomic mass is 19.4. The molecule has 0 saturated carbocycles. The first-order valence-electron chi connectivity index (χ1n) is 3.43. The fourth-order valence-electron chi connectivity index (χ4n) is 0.969. The second-order valence-corrected chi connectivity index (χ2v) is 2.31. The summed E-state index contributed by atoms with van der Waals surface area (Å²) in [6.07, 6.45) is -4.41. The van der Waals surface area contributed by atoms with Crippen LogP contribution in [-0.4, -0.2) is 14.8 Å². The summed E-state index contributed by atoms with van der Waals surface area (Å²) >= 11 is 0. The molecule has 0 amide bonds. The zero-order chi connectivity index (χ0) is 9.35. The second-order valence-electron chi connectivity index (χ2n) is 2.31. The summed E-state index contributed by atoms with van der Waals surface area (Å²) in [5, 5.41) is 6.39. The molecule has 0 atom stereocenters. The quantitative estimate of drug-likeness (QED) is 0.655. The van der Waals surface area contributed by atoms with Gasteiger partial charge >= 0.3 is 6.18 Å². The third-order valence-corrected chi connectivity index (χ3v) is 1.51. The minimum Gasteiger partial charge on any atom is -0.308 e. The van der Waals surface area contributed by atoms with E-state index in [0.29, 0.717) is 0 Å². The fraction of sp³-hybridized carbons (Fsp3) is 0.667. The molecule has 6 heteroatoms. The van der Waals surface area contributed by atoms with E-state index in [-0.39, 0.29) is 12.4 Å². The van der Waals surface area contributed by atoms with E-state index in [1.165, 1.54) is 6.92 Å².